The van der Waals surface area contributed by atoms with Gasteiger partial charge in [0.25, 0.3) is 5.56 Å². The molecule has 7 nitrogen and oxygen atoms in total. The average molecular weight is 275 g/mol. The van der Waals surface area contributed by atoms with Crippen molar-refractivity contribution in [3.8, 4) is 5.75 Å². The van der Waals surface area contributed by atoms with Gasteiger partial charge in [-0.2, -0.15) is 5.10 Å². The zero-order valence-corrected chi connectivity index (χ0v) is 11.0. The number of hydrogen-bond donors (Lipinski definition) is 1. The van der Waals surface area contributed by atoms with Crippen LogP contribution in [0.5, 0.6) is 5.75 Å². The van der Waals surface area contributed by atoms with Crippen LogP contribution in [-0.4, -0.2) is 42.9 Å². The lowest BCUT2D eigenvalue weighted by Crippen LogP contribution is -2.26. The monoisotopic (exact) mass is 275 g/mol. The minimum atomic E-state index is -3.11. The van der Waals surface area contributed by atoms with Crippen molar-refractivity contribution in [2.24, 2.45) is 5.73 Å². The van der Waals surface area contributed by atoms with Gasteiger partial charge in [-0.15, -0.1) is 0 Å². The van der Waals surface area contributed by atoms with E-state index in [9.17, 15) is 13.2 Å². The van der Waals surface area contributed by atoms with Crippen LogP contribution in [0, 0.1) is 0 Å². The average Bonchev–Trinajstić information content (AvgIpc) is 2.35. The first-order chi connectivity index (χ1) is 8.48. The summed E-state index contributed by atoms with van der Waals surface area (Å²) >= 11 is 0. The largest absolute Gasteiger partial charge is 0.490 e. The Bertz CT molecular complexity index is 538. The number of rotatable bonds is 7. The third-order valence-corrected chi connectivity index (χ3v) is 3.97. The highest BCUT2D eigenvalue weighted by Gasteiger charge is 2.09. The smallest absolute Gasteiger partial charge is 0.270 e. The van der Waals surface area contributed by atoms with E-state index in [1.54, 1.807) is 6.92 Å². The Morgan fingerprint density at radius 1 is 1.50 bits per heavy atom. The standard InChI is InChI=1S/C10H17N3O4S/c1-2-18(15,16)6-4-13-10(14)7-9(8-12-13)17-5-3-11/h7-8H,2-6,11H2,1H3. The zero-order chi connectivity index (χ0) is 13.6. The molecule has 0 saturated heterocycles. The highest BCUT2D eigenvalue weighted by atomic mass is 32.2. The van der Waals surface area contributed by atoms with Gasteiger partial charge in [-0.25, -0.2) is 13.1 Å². The summed E-state index contributed by atoms with van der Waals surface area (Å²) in [6.07, 6.45) is 1.37. The Hall–Kier alpha value is -1.41. The van der Waals surface area contributed by atoms with E-state index in [1.165, 1.54) is 12.3 Å². The molecule has 0 aliphatic carbocycles. The van der Waals surface area contributed by atoms with Gasteiger partial charge in [0.2, 0.25) is 0 Å². The molecule has 1 aromatic heterocycles. The van der Waals surface area contributed by atoms with E-state index in [-0.39, 0.29) is 18.1 Å². The Morgan fingerprint density at radius 2 is 2.22 bits per heavy atom. The summed E-state index contributed by atoms with van der Waals surface area (Å²) in [5.41, 5.74) is 4.87. The highest BCUT2D eigenvalue weighted by Crippen LogP contribution is 2.02. The van der Waals surface area contributed by atoms with Crippen LogP contribution in [-0.2, 0) is 16.4 Å². The molecular formula is C10H17N3O4S. The Morgan fingerprint density at radius 3 is 2.78 bits per heavy atom. The number of nitrogens with zero attached hydrogens (tertiary/aromatic N) is 2. The minimum Gasteiger partial charge on any atom is -0.490 e. The van der Waals surface area contributed by atoms with Crippen LogP contribution in [0.25, 0.3) is 0 Å². The summed E-state index contributed by atoms with van der Waals surface area (Å²) in [6, 6.07) is 1.27. The molecule has 18 heavy (non-hydrogen) atoms. The molecule has 0 amide bonds. The molecule has 0 aromatic carbocycles. The van der Waals surface area contributed by atoms with Gasteiger partial charge in [0.1, 0.15) is 12.4 Å². The van der Waals surface area contributed by atoms with Crippen LogP contribution >= 0.6 is 0 Å². The molecule has 0 bridgehead atoms. The molecule has 0 aliphatic heterocycles. The summed E-state index contributed by atoms with van der Waals surface area (Å²) < 4.78 is 28.9. The van der Waals surface area contributed by atoms with Gasteiger partial charge in [0.15, 0.2) is 9.84 Å². The van der Waals surface area contributed by atoms with Gasteiger partial charge in [-0.3, -0.25) is 4.79 Å². The number of aromatic nitrogens is 2. The van der Waals surface area contributed by atoms with Crippen LogP contribution in [0.1, 0.15) is 6.92 Å². The Kier molecular flexibility index (Phi) is 5.29. The van der Waals surface area contributed by atoms with Crippen molar-refractivity contribution in [1.82, 2.24) is 9.78 Å². The fourth-order valence-corrected chi connectivity index (χ4v) is 1.95. The van der Waals surface area contributed by atoms with Crippen molar-refractivity contribution in [2.45, 2.75) is 13.5 Å². The maximum absolute atomic E-state index is 11.6. The molecule has 1 rings (SSSR count). The van der Waals surface area contributed by atoms with Crippen molar-refractivity contribution >= 4 is 9.84 Å². The Labute approximate surface area is 105 Å². The first-order valence-corrected chi connectivity index (χ1v) is 7.41. The summed E-state index contributed by atoms with van der Waals surface area (Å²) in [7, 11) is -3.11. The van der Waals surface area contributed by atoms with Gasteiger partial charge in [-0.05, 0) is 0 Å². The summed E-state index contributed by atoms with van der Waals surface area (Å²) in [6.45, 7) is 2.26. The first-order valence-electron chi connectivity index (χ1n) is 5.59. The maximum atomic E-state index is 11.6. The quantitative estimate of drug-likeness (QED) is 0.685. The molecule has 0 unspecified atom stereocenters. The molecule has 0 atom stereocenters. The minimum absolute atomic E-state index is 0.0478. The second-order valence-electron chi connectivity index (χ2n) is 3.63. The van der Waals surface area contributed by atoms with Gasteiger partial charge >= 0.3 is 0 Å². The van der Waals surface area contributed by atoms with Crippen molar-refractivity contribution in [3.05, 3.63) is 22.6 Å². The lowest BCUT2D eigenvalue weighted by molar-refractivity contribution is 0.324. The predicted octanol–water partition coefficient (Wildman–Crippen LogP) is -0.984. The summed E-state index contributed by atoms with van der Waals surface area (Å²) in [4.78, 5) is 11.6. The molecular weight excluding hydrogens is 258 g/mol. The van der Waals surface area contributed by atoms with Crippen LogP contribution in [0.15, 0.2) is 17.1 Å². The molecule has 0 fully saturated rings. The van der Waals surface area contributed by atoms with Gasteiger partial charge < -0.3 is 10.5 Å². The zero-order valence-electron chi connectivity index (χ0n) is 10.2. The molecule has 102 valence electrons. The second kappa shape index (κ2) is 6.50. The molecule has 0 spiro atoms. The topological polar surface area (TPSA) is 104 Å². The number of hydrogen-bond acceptors (Lipinski definition) is 6. The third kappa shape index (κ3) is 4.46. The molecule has 2 N–H and O–H groups in total. The van der Waals surface area contributed by atoms with Crippen LogP contribution in [0.4, 0.5) is 0 Å². The van der Waals surface area contributed by atoms with Crippen molar-refractivity contribution in [2.75, 3.05) is 24.7 Å². The van der Waals surface area contributed by atoms with E-state index in [0.29, 0.717) is 18.9 Å². The highest BCUT2D eigenvalue weighted by molar-refractivity contribution is 7.91. The fraction of sp³-hybridized carbons (Fsp3) is 0.600. The number of ether oxygens (including phenoxy) is 1. The molecule has 0 aliphatic rings. The van der Waals surface area contributed by atoms with Crippen LogP contribution in [0.2, 0.25) is 0 Å². The SMILES string of the molecule is CCS(=O)(=O)CCn1ncc(OCCN)cc1=O. The number of nitrogens with two attached hydrogens (primary N) is 1. The van der Waals surface area contributed by atoms with E-state index >= 15 is 0 Å². The third-order valence-electron chi connectivity index (χ3n) is 2.28. The van der Waals surface area contributed by atoms with E-state index in [0.717, 1.165) is 4.68 Å². The van der Waals surface area contributed by atoms with Crippen molar-refractivity contribution in [1.29, 1.82) is 0 Å². The molecule has 8 heteroatoms. The maximum Gasteiger partial charge on any atom is 0.270 e. The van der Waals surface area contributed by atoms with Crippen LogP contribution in [0.3, 0.4) is 0 Å². The van der Waals surface area contributed by atoms with Crippen molar-refractivity contribution in [3.63, 3.8) is 0 Å². The summed E-state index contributed by atoms with van der Waals surface area (Å²) in [5.74, 6) is 0.291. The van der Waals surface area contributed by atoms with E-state index < -0.39 is 15.4 Å². The fourth-order valence-electron chi connectivity index (χ4n) is 1.21. The van der Waals surface area contributed by atoms with E-state index in [1.807, 2.05) is 0 Å². The summed E-state index contributed by atoms with van der Waals surface area (Å²) in [5, 5.41) is 3.84. The first kappa shape index (κ1) is 14.7. The predicted molar refractivity (Wildman–Crippen MR) is 67.4 cm³/mol. The molecule has 0 radical (unpaired) electrons. The van der Waals surface area contributed by atoms with E-state index in [4.69, 9.17) is 10.5 Å². The van der Waals surface area contributed by atoms with Crippen LogP contribution < -0.4 is 16.0 Å². The van der Waals surface area contributed by atoms with Gasteiger partial charge in [-0.1, -0.05) is 6.92 Å². The van der Waals surface area contributed by atoms with Gasteiger partial charge in [0, 0.05) is 18.4 Å². The second-order valence-corrected chi connectivity index (χ2v) is 6.10. The normalized spacial score (nSPS) is 11.4. The number of aryl methyl sites for hydroxylation is 1. The van der Waals surface area contributed by atoms with Gasteiger partial charge in [0.05, 0.1) is 18.5 Å². The van der Waals surface area contributed by atoms with E-state index in [2.05, 4.69) is 5.10 Å². The lowest BCUT2D eigenvalue weighted by atomic mass is 10.5. The molecule has 1 heterocycles. The molecule has 1 aromatic rings. The molecule has 0 saturated carbocycles. The lowest BCUT2D eigenvalue weighted by Gasteiger charge is -2.06. The number of sulfone groups is 1. The Balaban J connectivity index is 2.71. The van der Waals surface area contributed by atoms with Crippen molar-refractivity contribution < 1.29 is 13.2 Å².